The van der Waals surface area contributed by atoms with Crippen LogP contribution in [0.1, 0.15) is 24.0 Å². The zero-order valence-corrected chi connectivity index (χ0v) is 10.1. The van der Waals surface area contributed by atoms with Crippen molar-refractivity contribution < 1.29 is 8.42 Å². The molecule has 2 nitrogen and oxygen atoms in total. The zero-order valence-electron chi connectivity index (χ0n) is 8.53. The van der Waals surface area contributed by atoms with E-state index in [1.54, 1.807) is 0 Å². The molecule has 82 valence electrons. The van der Waals surface area contributed by atoms with Crippen LogP contribution in [0.4, 0.5) is 0 Å². The van der Waals surface area contributed by atoms with Gasteiger partial charge in [-0.1, -0.05) is 24.3 Å². The summed E-state index contributed by atoms with van der Waals surface area (Å²) in [6.07, 6.45) is 1.92. The van der Waals surface area contributed by atoms with Gasteiger partial charge < -0.3 is 0 Å². The molecular formula is C11H13ClO2S. The summed E-state index contributed by atoms with van der Waals surface area (Å²) in [6, 6.07) is 7.84. The third kappa shape index (κ3) is 2.04. The second-order valence-electron chi connectivity index (χ2n) is 4.22. The first-order valence-corrected chi connectivity index (χ1v) is 7.24. The molecule has 0 spiro atoms. The van der Waals surface area contributed by atoms with Crippen molar-refractivity contribution in [3.05, 3.63) is 35.4 Å². The Morgan fingerprint density at radius 1 is 1.33 bits per heavy atom. The maximum Gasteiger partial charge on any atom is 0.238 e. The van der Waals surface area contributed by atoms with Gasteiger partial charge >= 0.3 is 0 Å². The average molecular weight is 245 g/mol. The van der Waals surface area contributed by atoms with Gasteiger partial charge in [0, 0.05) is 10.7 Å². The normalized spacial score (nSPS) is 18.8. The van der Waals surface area contributed by atoms with Crippen molar-refractivity contribution in [1.29, 1.82) is 0 Å². The molecule has 15 heavy (non-hydrogen) atoms. The van der Waals surface area contributed by atoms with E-state index in [1.807, 2.05) is 31.2 Å². The summed E-state index contributed by atoms with van der Waals surface area (Å²) in [6.45, 7) is 1.99. The molecule has 1 fully saturated rings. The lowest BCUT2D eigenvalue weighted by molar-refractivity contribution is 0.590. The van der Waals surface area contributed by atoms with Crippen molar-refractivity contribution in [2.24, 2.45) is 0 Å². The van der Waals surface area contributed by atoms with Gasteiger partial charge in [-0.2, -0.15) is 0 Å². The van der Waals surface area contributed by atoms with Crippen molar-refractivity contribution in [3.8, 4) is 0 Å². The Kier molecular flexibility index (Phi) is 2.55. The topological polar surface area (TPSA) is 34.1 Å². The van der Waals surface area contributed by atoms with Gasteiger partial charge in [-0.15, -0.1) is 0 Å². The number of hydrogen-bond acceptors (Lipinski definition) is 2. The summed E-state index contributed by atoms with van der Waals surface area (Å²) < 4.78 is 22.1. The average Bonchev–Trinajstić information content (AvgIpc) is 2.89. The fraction of sp³-hybridized carbons (Fsp3) is 0.455. The molecule has 2 rings (SSSR count). The SMILES string of the molecule is Cc1ccccc1CC1(S(=O)(=O)Cl)CC1. The zero-order chi connectivity index (χ0) is 11.1. The lowest BCUT2D eigenvalue weighted by Crippen LogP contribution is -2.21. The van der Waals surface area contributed by atoms with Crippen LogP contribution in [0.2, 0.25) is 0 Å². The summed E-state index contributed by atoms with van der Waals surface area (Å²) in [5.41, 5.74) is 2.21. The Labute approximate surface area is 94.7 Å². The summed E-state index contributed by atoms with van der Waals surface area (Å²) in [5, 5.41) is 0. The second-order valence-corrected chi connectivity index (χ2v) is 7.18. The van der Waals surface area contributed by atoms with Gasteiger partial charge in [0.25, 0.3) is 0 Å². The number of aryl methyl sites for hydroxylation is 1. The Balaban J connectivity index is 2.28. The molecule has 0 bridgehead atoms. The van der Waals surface area contributed by atoms with E-state index in [4.69, 9.17) is 10.7 Å². The first kappa shape index (κ1) is 11.0. The first-order chi connectivity index (χ1) is 6.95. The minimum Gasteiger partial charge on any atom is -0.212 e. The minimum atomic E-state index is -3.43. The van der Waals surface area contributed by atoms with E-state index < -0.39 is 13.8 Å². The van der Waals surface area contributed by atoms with Crippen LogP contribution in [-0.4, -0.2) is 13.2 Å². The van der Waals surface area contributed by atoms with E-state index in [1.165, 1.54) is 0 Å². The fourth-order valence-electron chi connectivity index (χ4n) is 1.80. The lowest BCUT2D eigenvalue weighted by atomic mass is 10.0. The van der Waals surface area contributed by atoms with Crippen LogP contribution in [0.5, 0.6) is 0 Å². The maximum atomic E-state index is 11.4. The van der Waals surface area contributed by atoms with Gasteiger partial charge in [-0.3, -0.25) is 0 Å². The fourth-order valence-corrected chi connectivity index (χ4v) is 3.35. The molecule has 0 saturated heterocycles. The molecule has 0 N–H and O–H groups in total. The van der Waals surface area contributed by atoms with Gasteiger partial charge in [-0.25, -0.2) is 8.42 Å². The van der Waals surface area contributed by atoms with Crippen LogP contribution in [0, 0.1) is 6.92 Å². The summed E-state index contributed by atoms with van der Waals surface area (Å²) in [7, 11) is 2.03. The number of halogens is 1. The molecule has 0 aliphatic heterocycles. The highest BCUT2D eigenvalue weighted by atomic mass is 35.7. The van der Waals surface area contributed by atoms with Crippen LogP contribution >= 0.6 is 10.7 Å². The third-order valence-electron chi connectivity index (χ3n) is 3.10. The predicted molar refractivity (Wildman–Crippen MR) is 61.6 cm³/mol. The summed E-state index contributed by atoms with van der Waals surface area (Å²) in [5.74, 6) is 0. The molecule has 1 aliphatic carbocycles. The number of rotatable bonds is 3. The molecule has 1 saturated carbocycles. The van der Waals surface area contributed by atoms with Crippen LogP contribution in [0.15, 0.2) is 24.3 Å². The molecule has 0 atom stereocenters. The third-order valence-corrected chi connectivity index (χ3v) is 5.67. The van der Waals surface area contributed by atoms with Crippen molar-refractivity contribution in [3.63, 3.8) is 0 Å². The van der Waals surface area contributed by atoms with Gasteiger partial charge in [0.1, 0.15) is 0 Å². The van der Waals surface area contributed by atoms with Gasteiger partial charge in [0.2, 0.25) is 9.05 Å². The molecular weight excluding hydrogens is 232 g/mol. The van der Waals surface area contributed by atoms with Gasteiger partial charge in [0.15, 0.2) is 0 Å². The smallest absolute Gasteiger partial charge is 0.212 e. The van der Waals surface area contributed by atoms with Gasteiger partial charge in [-0.05, 0) is 37.3 Å². The van der Waals surface area contributed by atoms with Crippen molar-refractivity contribution in [1.82, 2.24) is 0 Å². The largest absolute Gasteiger partial charge is 0.238 e. The monoisotopic (exact) mass is 244 g/mol. The van der Waals surface area contributed by atoms with E-state index in [9.17, 15) is 8.42 Å². The van der Waals surface area contributed by atoms with Crippen LogP contribution in [-0.2, 0) is 15.5 Å². The molecule has 4 heteroatoms. The predicted octanol–water partition coefficient (Wildman–Crippen LogP) is 2.64. The van der Waals surface area contributed by atoms with Crippen LogP contribution < -0.4 is 0 Å². The number of benzene rings is 1. The van der Waals surface area contributed by atoms with E-state index in [0.29, 0.717) is 19.3 Å². The molecule has 1 aromatic rings. The van der Waals surface area contributed by atoms with E-state index in [2.05, 4.69) is 0 Å². The van der Waals surface area contributed by atoms with Crippen molar-refractivity contribution >= 4 is 19.7 Å². The molecule has 0 heterocycles. The highest BCUT2D eigenvalue weighted by molar-refractivity contribution is 8.15. The first-order valence-electron chi connectivity index (χ1n) is 4.93. The lowest BCUT2D eigenvalue weighted by Gasteiger charge is -2.12. The highest BCUT2D eigenvalue weighted by Crippen LogP contribution is 2.48. The van der Waals surface area contributed by atoms with E-state index in [-0.39, 0.29) is 0 Å². The van der Waals surface area contributed by atoms with Crippen molar-refractivity contribution in [2.45, 2.75) is 30.9 Å². The Morgan fingerprint density at radius 2 is 1.93 bits per heavy atom. The molecule has 0 radical (unpaired) electrons. The Morgan fingerprint density at radius 3 is 2.40 bits per heavy atom. The second kappa shape index (κ2) is 3.49. The van der Waals surface area contributed by atoms with E-state index >= 15 is 0 Å². The molecule has 0 aromatic heterocycles. The molecule has 0 unspecified atom stereocenters. The Bertz CT molecular complexity index is 475. The summed E-state index contributed by atoms with van der Waals surface area (Å²) in [4.78, 5) is 0. The maximum absolute atomic E-state index is 11.4. The van der Waals surface area contributed by atoms with E-state index in [0.717, 1.165) is 11.1 Å². The van der Waals surface area contributed by atoms with Crippen LogP contribution in [0.3, 0.4) is 0 Å². The molecule has 1 aromatic carbocycles. The van der Waals surface area contributed by atoms with Crippen LogP contribution in [0.25, 0.3) is 0 Å². The highest BCUT2D eigenvalue weighted by Gasteiger charge is 2.53. The number of hydrogen-bond donors (Lipinski definition) is 0. The summed E-state index contributed by atoms with van der Waals surface area (Å²) >= 11 is 0. The standard InChI is InChI=1S/C11H13ClO2S/c1-9-4-2-3-5-10(9)8-11(6-7-11)15(12,13)14/h2-5H,6-8H2,1H3. The molecule has 1 aliphatic rings. The quantitative estimate of drug-likeness (QED) is 0.766. The molecule has 0 amide bonds. The van der Waals surface area contributed by atoms with Gasteiger partial charge in [0.05, 0.1) is 4.75 Å². The Hall–Kier alpha value is -0.540. The van der Waals surface area contributed by atoms with Crippen molar-refractivity contribution in [2.75, 3.05) is 0 Å². The minimum absolute atomic E-state index is 0.547.